The highest BCUT2D eigenvalue weighted by molar-refractivity contribution is 14.0. The number of hydrogen-bond donors (Lipinski definition) is 1. The van der Waals surface area contributed by atoms with Crippen LogP contribution >= 0.6 is 24.0 Å². The van der Waals surface area contributed by atoms with E-state index in [0.717, 1.165) is 56.8 Å². The summed E-state index contributed by atoms with van der Waals surface area (Å²) in [7, 11) is 3.83. The summed E-state index contributed by atoms with van der Waals surface area (Å²) in [5, 5.41) is 7.82. The Labute approximate surface area is 197 Å². The minimum absolute atomic E-state index is 0. The van der Waals surface area contributed by atoms with Crippen molar-refractivity contribution in [3.8, 4) is 0 Å². The molecule has 2 aliphatic heterocycles. The van der Waals surface area contributed by atoms with Crippen LogP contribution < -0.4 is 10.2 Å². The molecule has 2 fully saturated rings. The lowest BCUT2D eigenvalue weighted by atomic mass is 9.99. The zero-order chi connectivity index (χ0) is 20.2. The zero-order valence-corrected chi connectivity index (χ0v) is 20.6. The van der Waals surface area contributed by atoms with Gasteiger partial charge < -0.3 is 15.1 Å². The fourth-order valence-electron chi connectivity index (χ4n) is 4.34. The zero-order valence-electron chi connectivity index (χ0n) is 18.3. The Bertz CT molecular complexity index is 824. The van der Waals surface area contributed by atoms with Gasteiger partial charge in [0.25, 0.3) is 0 Å². The summed E-state index contributed by atoms with van der Waals surface area (Å²) in [6, 6.07) is 4.34. The SMILES string of the molecule is CN=C(NCc1ccc(N2CCC(C)CC2)nc1)N1CCC(c2cnn(C)c2)C1.I. The maximum Gasteiger partial charge on any atom is 0.193 e. The molecule has 2 aromatic heterocycles. The molecule has 2 aromatic rings. The molecular formula is C22H34IN7. The molecule has 1 unspecified atom stereocenters. The van der Waals surface area contributed by atoms with Gasteiger partial charge in [-0.1, -0.05) is 13.0 Å². The van der Waals surface area contributed by atoms with Gasteiger partial charge in [-0.3, -0.25) is 9.67 Å². The summed E-state index contributed by atoms with van der Waals surface area (Å²) in [6.45, 7) is 7.31. The number of hydrogen-bond acceptors (Lipinski definition) is 4. The first-order valence-electron chi connectivity index (χ1n) is 10.8. The highest BCUT2D eigenvalue weighted by Gasteiger charge is 2.26. The van der Waals surface area contributed by atoms with Gasteiger partial charge in [-0.05, 0) is 42.4 Å². The molecule has 8 heteroatoms. The number of nitrogens with one attached hydrogen (secondary N) is 1. The second kappa shape index (κ2) is 10.5. The van der Waals surface area contributed by atoms with Crippen LogP contribution in [0.4, 0.5) is 5.82 Å². The van der Waals surface area contributed by atoms with Gasteiger partial charge in [-0.15, -0.1) is 24.0 Å². The molecule has 0 radical (unpaired) electrons. The number of aliphatic imine (C=N–C) groups is 1. The van der Waals surface area contributed by atoms with Crippen molar-refractivity contribution >= 4 is 35.8 Å². The summed E-state index contributed by atoms with van der Waals surface area (Å²) in [6.07, 6.45) is 9.77. The summed E-state index contributed by atoms with van der Waals surface area (Å²) in [5.41, 5.74) is 2.50. The van der Waals surface area contributed by atoms with Crippen LogP contribution in [0.5, 0.6) is 0 Å². The van der Waals surface area contributed by atoms with E-state index in [-0.39, 0.29) is 24.0 Å². The van der Waals surface area contributed by atoms with Crippen LogP contribution in [0.15, 0.2) is 35.7 Å². The average molecular weight is 523 g/mol. The van der Waals surface area contributed by atoms with Gasteiger partial charge in [0.1, 0.15) is 5.82 Å². The van der Waals surface area contributed by atoms with Crippen molar-refractivity contribution in [3.05, 3.63) is 41.9 Å². The largest absolute Gasteiger partial charge is 0.357 e. The Morgan fingerprint density at radius 3 is 2.60 bits per heavy atom. The molecule has 0 spiro atoms. The minimum atomic E-state index is 0. The third-order valence-electron chi connectivity index (χ3n) is 6.26. The van der Waals surface area contributed by atoms with Gasteiger partial charge in [-0.25, -0.2) is 4.98 Å². The molecule has 2 saturated heterocycles. The monoisotopic (exact) mass is 523 g/mol. The molecule has 30 heavy (non-hydrogen) atoms. The van der Waals surface area contributed by atoms with Crippen LogP contribution in [-0.4, -0.2) is 58.9 Å². The molecule has 0 aliphatic carbocycles. The minimum Gasteiger partial charge on any atom is -0.357 e. The molecule has 7 nitrogen and oxygen atoms in total. The normalized spacial score (nSPS) is 20.4. The molecular weight excluding hydrogens is 489 g/mol. The smallest absolute Gasteiger partial charge is 0.193 e. The van der Waals surface area contributed by atoms with Crippen LogP contribution in [0, 0.1) is 5.92 Å². The number of guanidine groups is 1. The number of rotatable bonds is 4. The van der Waals surface area contributed by atoms with Crippen molar-refractivity contribution in [2.75, 3.05) is 38.1 Å². The highest BCUT2D eigenvalue weighted by atomic mass is 127. The molecule has 1 atom stereocenters. The van der Waals surface area contributed by atoms with Gasteiger partial charge >= 0.3 is 0 Å². The highest BCUT2D eigenvalue weighted by Crippen LogP contribution is 2.26. The average Bonchev–Trinajstić information content (AvgIpc) is 3.39. The quantitative estimate of drug-likeness (QED) is 0.379. The van der Waals surface area contributed by atoms with Crippen molar-refractivity contribution < 1.29 is 0 Å². The molecule has 0 aromatic carbocycles. The fraction of sp³-hybridized carbons (Fsp3) is 0.591. The van der Waals surface area contributed by atoms with Crippen molar-refractivity contribution in [2.45, 2.75) is 38.6 Å². The van der Waals surface area contributed by atoms with E-state index in [1.807, 2.05) is 31.2 Å². The summed E-state index contributed by atoms with van der Waals surface area (Å²) in [4.78, 5) is 13.9. The maximum absolute atomic E-state index is 4.71. The molecule has 2 aliphatic rings. The van der Waals surface area contributed by atoms with Crippen LogP contribution in [0.3, 0.4) is 0 Å². The van der Waals surface area contributed by atoms with Gasteiger partial charge in [0.05, 0.1) is 6.20 Å². The van der Waals surface area contributed by atoms with E-state index < -0.39 is 0 Å². The van der Waals surface area contributed by atoms with E-state index >= 15 is 0 Å². The lowest BCUT2D eigenvalue weighted by Gasteiger charge is -2.31. The summed E-state index contributed by atoms with van der Waals surface area (Å²) in [5.74, 6) is 3.43. The Balaban J connectivity index is 0.00000256. The van der Waals surface area contributed by atoms with Crippen molar-refractivity contribution in [1.82, 2.24) is 25.0 Å². The molecule has 4 heterocycles. The van der Waals surface area contributed by atoms with E-state index in [2.05, 4.69) is 50.5 Å². The lowest BCUT2D eigenvalue weighted by molar-refractivity contribution is 0.436. The van der Waals surface area contributed by atoms with Crippen molar-refractivity contribution in [2.24, 2.45) is 18.0 Å². The topological polar surface area (TPSA) is 61.6 Å². The lowest BCUT2D eigenvalue weighted by Crippen LogP contribution is -2.39. The van der Waals surface area contributed by atoms with E-state index in [1.165, 1.54) is 24.0 Å². The molecule has 1 N–H and O–H groups in total. The molecule has 0 amide bonds. The first-order chi connectivity index (χ1) is 14.1. The van der Waals surface area contributed by atoms with Gasteiger partial charge in [0.15, 0.2) is 5.96 Å². The Kier molecular flexibility index (Phi) is 7.96. The Morgan fingerprint density at radius 2 is 1.97 bits per heavy atom. The van der Waals surface area contributed by atoms with Crippen molar-refractivity contribution in [3.63, 3.8) is 0 Å². The van der Waals surface area contributed by atoms with Gasteiger partial charge in [0, 0.05) is 65.1 Å². The fourth-order valence-corrected chi connectivity index (χ4v) is 4.34. The van der Waals surface area contributed by atoms with Crippen LogP contribution in [0.25, 0.3) is 0 Å². The van der Waals surface area contributed by atoms with Gasteiger partial charge in [-0.2, -0.15) is 5.10 Å². The number of anilines is 1. The second-order valence-corrected chi connectivity index (χ2v) is 8.47. The van der Waals surface area contributed by atoms with Gasteiger partial charge in [0.2, 0.25) is 0 Å². The predicted octanol–water partition coefficient (Wildman–Crippen LogP) is 3.23. The molecule has 0 saturated carbocycles. The standard InChI is InChI=1S/C22H33N7.HI/c1-17-6-9-28(10-7-17)21-5-4-18(12-24-21)13-25-22(23-2)29-11-8-19(16-29)20-14-26-27(3)15-20;/h4-5,12,14-15,17,19H,6-11,13,16H2,1-3H3,(H,23,25);1H. The molecule has 164 valence electrons. The number of pyridine rings is 1. The molecule has 4 rings (SSSR count). The number of aryl methyl sites for hydroxylation is 1. The first-order valence-corrected chi connectivity index (χ1v) is 10.8. The van der Waals surface area contributed by atoms with Crippen LogP contribution in [0.2, 0.25) is 0 Å². The van der Waals surface area contributed by atoms with E-state index in [4.69, 9.17) is 4.98 Å². The number of nitrogens with zero attached hydrogens (tertiary/aromatic N) is 6. The molecule has 0 bridgehead atoms. The third kappa shape index (κ3) is 5.44. The second-order valence-electron chi connectivity index (χ2n) is 8.47. The summed E-state index contributed by atoms with van der Waals surface area (Å²) < 4.78 is 1.88. The number of likely N-dealkylation sites (tertiary alicyclic amines) is 1. The number of piperidine rings is 1. The van der Waals surface area contributed by atoms with E-state index in [9.17, 15) is 0 Å². The van der Waals surface area contributed by atoms with Crippen molar-refractivity contribution in [1.29, 1.82) is 0 Å². The third-order valence-corrected chi connectivity index (χ3v) is 6.26. The van der Waals surface area contributed by atoms with E-state index in [0.29, 0.717) is 5.92 Å². The predicted molar refractivity (Wildman–Crippen MR) is 133 cm³/mol. The van der Waals surface area contributed by atoms with E-state index in [1.54, 1.807) is 0 Å². The number of halogens is 1. The maximum atomic E-state index is 4.71. The van der Waals surface area contributed by atoms with Crippen LogP contribution in [-0.2, 0) is 13.6 Å². The van der Waals surface area contributed by atoms with Crippen LogP contribution in [0.1, 0.15) is 43.2 Å². The first kappa shape index (κ1) is 22.8. The summed E-state index contributed by atoms with van der Waals surface area (Å²) >= 11 is 0. The Hall–Kier alpha value is -1.84. The Morgan fingerprint density at radius 1 is 1.17 bits per heavy atom. The number of aromatic nitrogens is 3.